The van der Waals surface area contributed by atoms with Gasteiger partial charge >= 0.3 is 0 Å². The molecule has 13 rings (SSSR count). The molecule has 13 aromatic carbocycles. The Hall–Kier alpha value is -9.50. The van der Waals surface area contributed by atoms with E-state index in [1.165, 1.54) is 110 Å². The first kappa shape index (κ1) is 46.3. The Bertz CT molecular complexity index is 4180. The molecule has 0 radical (unpaired) electrons. The van der Waals surface area contributed by atoms with Crippen molar-refractivity contribution in [2.75, 3.05) is 9.80 Å². The first-order valence-corrected chi connectivity index (χ1v) is 26.4. The van der Waals surface area contributed by atoms with Crippen molar-refractivity contribution in [2.24, 2.45) is 0 Å². The topological polar surface area (TPSA) is 6.48 Å². The quantitative estimate of drug-likeness (QED) is 0.0995. The Morgan fingerprint density at radius 2 is 0.447 bits per heavy atom. The Labute approximate surface area is 445 Å². The third-order valence-electron chi connectivity index (χ3n) is 15.3. The van der Waals surface area contributed by atoms with Crippen molar-refractivity contribution in [3.63, 3.8) is 0 Å². The molecule has 0 aromatic heterocycles. The van der Waals surface area contributed by atoms with Gasteiger partial charge in [0.25, 0.3) is 0 Å². The summed E-state index contributed by atoms with van der Waals surface area (Å²) >= 11 is 0. The monoisotopic (exact) mass is 972 g/mol. The SMILES string of the molecule is Cc1ccc(C=Cc2ccc(N(c3ccc(C)cc3)c3c4ccccc4c(-c4ccc(-c5c6ccccc6c(N(c6ccc(C)cc6)c6ccc(C)cc6)c6ccccc56)c5ccccc45)c4ccccc34)cc2)cc1. The zero-order valence-corrected chi connectivity index (χ0v) is 43.3. The molecule has 0 aliphatic rings. The number of anilines is 6. The summed E-state index contributed by atoms with van der Waals surface area (Å²) in [6.07, 6.45) is 4.39. The fourth-order valence-corrected chi connectivity index (χ4v) is 11.5. The summed E-state index contributed by atoms with van der Waals surface area (Å²) in [6.45, 7) is 8.60. The molecular formula is C74H56N2. The van der Waals surface area contributed by atoms with Crippen LogP contribution in [-0.2, 0) is 0 Å². The van der Waals surface area contributed by atoms with Crippen molar-refractivity contribution < 1.29 is 0 Å². The molecule has 362 valence electrons. The largest absolute Gasteiger partial charge is 0.309 e. The van der Waals surface area contributed by atoms with Gasteiger partial charge in [0.2, 0.25) is 0 Å². The van der Waals surface area contributed by atoms with Crippen LogP contribution in [-0.4, -0.2) is 0 Å². The predicted molar refractivity (Wildman–Crippen MR) is 329 cm³/mol. The molecular weight excluding hydrogens is 917 g/mol. The average Bonchev–Trinajstić information content (AvgIpc) is 3.46. The lowest BCUT2D eigenvalue weighted by Gasteiger charge is -2.30. The number of fused-ring (bicyclic) bond motifs is 5. The van der Waals surface area contributed by atoms with Crippen molar-refractivity contribution in [1.29, 1.82) is 0 Å². The number of hydrogen-bond donors (Lipinski definition) is 0. The smallest absolute Gasteiger partial charge is 0.0618 e. The van der Waals surface area contributed by atoms with Crippen LogP contribution in [0.1, 0.15) is 33.4 Å². The molecule has 0 unspecified atom stereocenters. The fourth-order valence-electron chi connectivity index (χ4n) is 11.5. The molecule has 0 amide bonds. The molecule has 0 spiro atoms. The summed E-state index contributed by atoms with van der Waals surface area (Å²) in [5.74, 6) is 0. The van der Waals surface area contributed by atoms with Gasteiger partial charge in [-0.3, -0.25) is 0 Å². The molecule has 0 saturated heterocycles. The van der Waals surface area contributed by atoms with Gasteiger partial charge in [0.1, 0.15) is 0 Å². The highest BCUT2D eigenvalue weighted by Gasteiger charge is 2.26. The third-order valence-corrected chi connectivity index (χ3v) is 15.3. The summed E-state index contributed by atoms with van der Waals surface area (Å²) in [4.78, 5) is 4.91. The van der Waals surface area contributed by atoms with E-state index in [0.717, 1.165) is 34.0 Å². The summed E-state index contributed by atoms with van der Waals surface area (Å²) in [5, 5.41) is 12.0. The molecule has 0 aliphatic heterocycles. The van der Waals surface area contributed by atoms with Crippen molar-refractivity contribution in [1.82, 2.24) is 0 Å². The van der Waals surface area contributed by atoms with E-state index in [4.69, 9.17) is 0 Å². The van der Waals surface area contributed by atoms with Crippen molar-refractivity contribution in [2.45, 2.75) is 27.7 Å². The van der Waals surface area contributed by atoms with E-state index in [1.54, 1.807) is 0 Å². The first-order chi connectivity index (χ1) is 37.4. The van der Waals surface area contributed by atoms with E-state index < -0.39 is 0 Å². The van der Waals surface area contributed by atoms with Gasteiger partial charge in [0.15, 0.2) is 0 Å². The van der Waals surface area contributed by atoms with Crippen LogP contribution < -0.4 is 9.80 Å². The molecule has 0 N–H and O–H groups in total. The highest BCUT2D eigenvalue weighted by molar-refractivity contribution is 6.28. The number of aryl methyl sites for hydroxylation is 4. The van der Waals surface area contributed by atoms with Crippen molar-refractivity contribution in [3.05, 3.63) is 288 Å². The minimum absolute atomic E-state index is 1.10. The van der Waals surface area contributed by atoms with Gasteiger partial charge < -0.3 is 9.80 Å². The molecule has 2 heteroatoms. The first-order valence-electron chi connectivity index (χ1n) is 26.4. The van der Waals surface area contributed by atoms with E-state index in [1.807, 2.05) is 0 Å². The number of benzene rings is 13. The van der Waals surface area contributed by atoms with Crippen LogP contribution in [0.25, 0.3) is 88.3 Å². The van der Waals surface area contributed by atoms with E-state index in [9.17, 15) is 0 Å². The van der Waals surface area contributed by atoms with Crippen LogP contribution >= 0.6 is 0 Å². The van der Waals surface area contributed by atoms with E-state index in [-0.39, 0.29) is 0 Å². The molecule has 0 heterocycles. The second-order valence-electron chi connectivity index (χ2n) is 20.3. The number of hydrogen-bond acceptors (Lipinski definition) is 2. The summed E-state index contributed by atoms with van der Waals surface area (Å²) < 4.78 is 0. The number of nitrogens with zero attached hydrogens (tertiary/aromatic N) is 2. The highest BCUT2D eigenvalue weighted by Crippen LogP contribution is 2.52. The molecule has 0 atom stereocenters. The molecule has 2 nitrogen and oxygen atoms in total. The van der Waals surface area contributed by atoms with Crippen LogP contribution in [0.15, 0.2) is 255 Å². The van der Waals surface area contributed by atoms with Crippen LogP contribution in [0.4, 0.5) is 34.1 Å². The molecule has 13 aromatic rings. The van der Waals surface area contributed by atoms with Crippen LogP contribution in [0, 0.1) is 27.7 Å². The Kier molecular flexibility index (Phi) is 11.8. The fraction of sp³-hybridized carbons (Fsp3) is 0.0541. The van der Waals surface area contributed by atoms with Crippen LogP contribution in [0.5, 0.6) is 0 Å². The zero-order valence-electron chi connectivity index (χ0n) is 43.3. The molecule has 76 heavy (non-hydrogen) atoms. The van der Waals surface area contributed by atoms with E-state index >= 15 is 0 Å². The van der Waals surface area contributed by atoms with Crippen LogP contribution in [0.2, 0.25) is 0 Å². The lowest BCUT2D eigenvalue weighted by atomic mass is 9.84. The van der Waals surface area contributed by atoms with Gasteiger partial charge in [0, 0.05) is 44.3 Å². The second kappa shape index (κ2) is 19.4. The Balaban J connectivity index is 1.01. The maximum absolute atomic E-state index is 2.46. The second-order valence-corrected chi connectivity index (χ2v) is 20.3. The van der Waals surface area contributed by atoms with E-state index in [2.05, 4.69) is 304 Å². The van der Waals surface area contributed by atoms with Gasteiger partial charge in [-0.1, -0.05) is 241 Å². The average molecular weight is 973 g/mol. The number of rotatable bonds is 10. The molecule has 0 fully saturated rings. The summed E-state index contributed by atoms with van der Waals surface area (Å²) in [6, 6.07) is 94.4. The van der Waals surface area contributed by atoms with Crippen molar-refractivity contribution in [3.8, 4) is 22.3 Å². The summed E-state index contributed by atoms with van der Waals surface area (Å²) in [7, 11) is 0. The van der Waals surface area contributed by atoms with E-state index in [0.29, 0.717) is 0 Å². The highest BCUT2D eigenvalue weighted by atomic mass is 15.2. The van der Waals surface area contributed by atoms with Gasteiger partial charge in [-0.05, 0) is 142 Å². The Morgan fingerprint density at radius 1 is 0.224 bits per heavy atom. The minimum atomic E-state index is 1.10. The van der Waals surface area contributed by atoms with Gasteiger partial charge in [0.05, 0.1) is 11.4 Å². The lowest BCUT2D eigenvalue weighted by molar-refractivity contribution is 1.29. The maximum atomic E-state index is 2.46. The van der Waals surface area contributed by atoms with Gasteiger partial charge in [-0.15, -0.1) is 0 Å². The van der Waals surface area contributed by atoms with Gasteiger partial charge in [-0.25, -0.2) is 0 Å². The summed E-state index contributed by atoms with van der Waals surface area (Å²) in [5.41, 5.74) is 19.0. The molecule has 0 aliphatic carbocycles. The van der Waals surface area contributed by atoms with Crippen LogP contribution in [0.3, 0.4) is 0 Å². The Morgan fingerprint density at radius 3 is 0.737 bits per heavy atom. The minimum Gasteiger partial charge on any atom is -0.309 e. The lowest BCUT2D eigenvalue weighted by Crippen LogP contribution is -2.11. The molecule has 0 saturated carbocycles. The van der Waals surface area contributed by atoms with Gasteiger partial charge in [-0.2, -0.15) is 0 Å². The normalized spacial score (nSPS) is 11.6. The standard InChI is InChI=1S/C74H56N2/c1-49-25-33-53(34-26-49)35-36-54-37-45-58(46-38-54)76(57-43-31-52(4)32-44-57)74-69-23-13-9-19-63(69)72(64-20-10-14-24-70(64)74)66-48-47-65(59-15-5-6-16-60(59)66)71-61-17-7-11-21-67(61)73(68-22-12-8-18-62(68)71)75(55-39-27-50(2)28-40-55)56-41-29-51(3)30-42-56/h5-48H,1-4H3. The zero-order chi connectivity index (χ0) is 51.3. The maximum Gasteiger partial charge on any atom is 0.0618 e. The predicted octanol–water partition coefficient (Wildman–Crippen LogP) is 21.1. The molecule has 0 bridgehead atoms. The third kappa shape index (κ3) is 8.25. The van der Waals surface area contributed by atoms with Crippen molar-refractivity contribution >= 4 is 100 Å².